The Morgan fingerprint density at radius 3 is 2.45 bits per heavy atom. The summed E-state index contributed by atoms with van der Waals surface area (Å²) in [4.78, 5) is 34.8. The Kier molecular flexibility index (Phi) is 9.51. The van der Waals surface area contributed by atoms with Gasteiger partial charge in [-0.25, -0.2) is 9.67 Å². The van der Waals surface area contributed by atoms with Crippen LogP contribution < -0.4 is 0 Å². The zero-order chi connectivity index (χ0) is 27.1. The monoisotopic (exact) mass is 527 g/mol. The Hall–Kier alpha value is -2.82. The molecule has 0 bridgehead atoms. The second-order valence-electron chi connectivity index (χ2n) is 10.8. The van der Waals surface area contributed by atoms with Crippen molar-refractivity contribution in [2.75, 3.05) is 32.8 Å². The van der Waals surface area contributed by atoms with Crippen LogP contribution >= 0.6 is 0 Å². The summed E-state index contributed by atoms with van der Waals surface area (Å²) in [6.07, 6.45) is 1.46. The van der Waals surface area contributed by atoms with Crippen molar-refractivity contribution in [3.63, 3.8) is 0 Å². The molecule has 10 nitrogen and oxygen atoms in total. The number of cyclic esters (lactones) is 1. The second kappa shape index (κ2) is 12.8. The van der Waals surface area contributed by atoms with Crippen molar-refractivity contribution in [1.29, 1.82) is 0 Å². The number of carbonyl (C=O) groups excluding carboxylic acids is 2. The van der Waals surface area contributed by atoms with Crippen LogP contribution in [0.3, 0.4) is 0 Å². The third-order valence-electron chi connectivity index (χ3n) is 7.95. The van der Waals surface area contributed by atoms with Crippen molar-refractivity contribution >= 4 is 11.9 Å². The van der Waals surface area contributed by atoms with E-state index in [2.05, 4.69) is 27.1 Å². The Balaban J connectivity index is 1.41. The van der Waals surface area contributed by atoms with Crippen LogP contribution in [0.4, 0.5) is 0 Å². The molecule has 2 saturated heterocycles. The number of piperidine rings is 1. The van der Waals surface area contributed by atoms with Crippen LogP contribution in [0.25, 0.3) is 0 Å². The number of carbonyl (C=O) groups is 2. The molecule has 2 aliphatic heterocycles. The zero-order valence-electron chi connectivity index (χ0n) is 22.6. The number of likely N-dealkylation sites (tertiary alicyclic amines) is 1. The van der Waals surface area contributed by atoms with E-state index < -0.39 is 17.6 Å². The van der Waals surface area contributed by atoms with Crippen LogP contribution in [0, 0.1) is 19.3 Å². The number of aliphatic hydroxyl groups is 2. The molecule has 4 rings (SSSR count). The molecule has 2 aliphatic rings. The first-order valence-corrected chi connectivity index (χ1v) is 13.7. The minimum atomic E-state index is -1.20. The van der Waals surface area contributed by atoms with Gasteiger partial charge in [-0.2, -0.15) is 5.10 Å². The summed E-state index contributed by atoms with van der Waals surface area (Å²) in [5, 5.41) is 25.3. The molecule has 0 saturated carbocycles. The molecule has 1 aromatic heterocycles. The lowest BCUT2D eigenvalue weighted by Gasteiger charge is -2.40. The molecule has 2 fully saturated rings. The predicted octanol–water partition coefficient (Wildman–Crippen LogP) is 1.84. The van der Waals surface area contributed by atoms with Crippen LogP contribution in [0.15, 0.2) is 30.3 Å². The molecule has 10 heteroatoms. The molecule has 1 spiro atoms. The second-order valence-corrected chi connectivity index (χ2v) is 10.8. The number of benzene rings is 1. The van der Waals surface area contributed by atoms with Gasteiger partial charge < -0.3 is 19.8 Å². The van der Waals surface area contributed by atoms with Gasteiger partial charge in [-0.3, -0.25) is 14.5 Å². The number of hydrogen-bond donors (Lipinski definition) is 2. The molecule has 2 atom stereocenters. The van der Waals surface area contributed by atoms with Gasteiger partial charge in [0.25, 0.3) is 0 Å². The maximum absolute atomic E-state index is 13.3. The lowest BCUT2D eigenvalue weighted by atomic mass is 9.74. The first-order chi connectivity index (χ1) is 18.3. The van der Waals surface area contributed by atoms with E-state index in [4.69, 9.17) is 4.74 Å². The third kappa shape index (κ3) is 7.18. The fourth-order valence-corrected chi connectivity index (χ4v) is 5.51. The van der Waals surface area contributed by atoms with E-state index in [1.54, 1.807) is 16.5 Å². The highest BCUT2D eigenvalue weighted by Crippen LogP contribution is 2.38. The van der Waals surface area contributed by atoms with Crippen LogP contribution in [0.2, 0.25) is 0 Å². The topological polar surface area (TPSA) is 121 Å². The van der Waals surface area contributed by atoms with E-state index in [0.29, 0.717) is 44.0 Å². The Morgan fingerprint density at radius 1 is 1.03 bits per heavy atom. The first-order valence-electron chi connectivity index (χ1n) is 13.7. The molecule has 0 radical (unpaired) electrons. The van der Waals surface area contributed by atoms with E-state index in [1.807, 2.05) is 25.1 Å². The third-order valence-corrected chi connectivity index (χ3v) is 7.95. The highest BCUT2D eigenvalue weighted by molar-refractivity contribution is 5.77. The average molecular weight is 528 g/mol. The van der Waals surface area contributed by atoms with Gasteiger partial charge in [-0.15, -0.1) is 0 Å². The van der Waals surface area contributed by atoms with E-state index in [1.165, 1.54) is 5.56 Å². The van der Waals surface area contributed by atoms with Gasteiger partial charge in [0.2, 0.25) is 5.91 Å². The van der Waals surface area contributed by atoms with Crippen molar-refractivity contribution in [2.45, 2.75) is 77.7 Å². The highest BCUT2D eigenvalue weighted by Gasteiger charge is 2.42. The predicted molar refractivity (Wildman–Crippen MR) is 141 cm³/mol. The summed E-state index contributed by atoms with van der Waals surface area (Å²) < 4.78 is 7.18. The molecule has 38 heavy (non-hydrogen) atoms. The van der Waals surface area contributed by atoms with Crippen molar-refractivity contribution in [1.82, 2.24) is 24.6 Å². The van der Waals surface area contributed by atoms with Gasteiger partial charge in [0.05, 0.1) is 11.5 Å². The Morgan fingerprint density at radius 2 is 1.76 bits per heavy atom. The standard InChI is InChI=1S/C28H41N5O5/c1-21-29-22(2)33(30-21)19-26(36)32-14-7-6-11-28(27(37)38-20-25(35)24(34)10-15-32)12-16-31(17-13-28)18-23-8-4-3-5-9-23/h3-5,8-9,24-25,34-35H,6-7,10-20H2,1-2H3/t24-,25+/m0/s1. The number of amides is 1. The normalized spacial score (nSPS) is 23.8. The molecule has 2 aromatic rings. The lowest BCUT2D eigenvalue weighted by molar-refractivity contribution is -0.165. The van der Waals surface area contributed by atoms with E-state index in [0.717, 1.165) is 32.5 Å². The minimum Gasteiger partial charge on any atom is -0.462 e. The molecule has 0 aliphatic carbocycles. The fourth-order valence-electron chi connectivity index (χ4n) is 5.51. The number of rotatable bonds is 4. The van der Waals surface area contributed by atoms with Gasteiger partial charge in [-0.1, -0.05) is 36.8 Å². The molecule has 2 N–H and O–H groups in total. The number of esters is 1. The lowest BCUT2D eigenvalue weighted by Crippen LogP contribution is -2.45. The van der Waals surface area contributed by atoms with Gasteiger partial charge in [-0.05, 0) is 64.6 Å². The van der Waals surface area contributed by atoms with Crippen molar-refractivity contribution in [3.05, 3.63) is 47.5 Å². The van der Waals surface area contributed by atoms with Crippen molar-refractivity contribution in [3.8, 4) is 0 Å². The number of aromatic nitrogens is 3. The largest absolute Gasteiger partial charge is 0.462 e. The number of aryl methyl sites for hydroxylation is 2. The molecule has 0 unspecified atom stereocenters. The number of aliphatic hydroxyl groups excluding tert-OH is 2. The van der Waals surface area contributed by atoms with E-state index in [-0.39, 0.29) is 31.4 Å². The van der Waals surface area contributed by atoms with Crippen LogP contribution in [0.5, 0.6) is 0 Å². The summed E-state index contributed by atoms with van der Waals surface area (Å²) in [6.45, 7) is 6.67. The van der Waals surface area contributed by atoms with Gasteiger partial charge >= 0.3 is 5.97 Å². The van der Waals surface area contributed by atoms with Gasteiger partial charge in [0.1, 0.15) is 30.9 Å². The van der Waals surface area contributed by atoms with Gasteiger partial charge in [0.15, 0.2) is 0 Å². The average Bonchev–Trinajstić information content (AvgIpc) is 3.23. The number of ether oxygens (including phenoxy) is 1. The molecular weight excluding hydrogens is 486 g/mol. The zero-order valence-corrected chi connectivity index (χ0v) is 22.6. The van der Waals surface area contributed by atoms with E-state index >= 15 is 0 Å². The highest BCUT2D eigenvalue weighted by atomic mass is 16.5. The summed E-state index contributed by atoms with van der Waals surface area (Å²) in [5.41, 5.74) is 0.634. The molecule has 3 heterocycles. The molecule has 208 valence electrons. The fraction of sp³-hybridized carbons (Fsp3) is 0.643. The van der Waals surface area contributed by atoms with Crippen LogP contribution in [-0.4, -0.2) is 91.6 Å². The molecule has 1 aromatic carbocycles. The summed E-state index contributed by atoms with van der Waals surface area (Å²) in [6, 6.07) is 10.3. The number of nitrogens with zero attached hydrogens (tertiary/aromatic N) is 5. The molecular formula is C28H41N5O5. The quantitative estimate of drug-likeness (QED) is 0.578. The van der Waals surface area contributed by atoms with Gasteiger partial charge in [0, 0.05) is 19.6 Å². The summed E-state index contributed by atoms with van der Waals surface area (Å²) >= 11 is 0. The Labute approximate surface area is 224 Å². The maximum atomic E-state index is 13.3. The Bertz CT molecular complexity index is 1070. The summed E-state index contributed by atoms with van der Waals surface area (Å²) in [5.74, 6) is 0.898. The van der Waals surface area contributed by atoms with Crippen molar-refractivity contribution in [2.24, 2.45) is 5.41 Å². The molecule has 1 amide bonds. The van der Waals surface area contributed by atoms with Crippen LogP contribution in [0.1, 0.15) is 55.7 Å². The smallest absolute Gasteiger partial charge is 0.312 e. The first kappa shape index (κ1) is 28.2. The van der Waals surface area contributed by atoms with Crippen LogP contribution in [-0.2, 0) is 27.4 Å². The summed E-state index contributed by atoms with van der Waals surface area (Å²) in [7, 11) is 0. The maximum Gasteiger partial charge on any atom is 0.312 e. The SMILES string of the molecule is Cc1nc(C)n(CC(=O)N2CCCCC3(CCN(Cc4ccccc4)CC3)C(=O)OC[C@@H](O)[C@@H](O)CC2)n1. The number of hydrogen-bond acceptors (Lipinski definition) is 8. The van der Waals surface area contributed by atoms with E-state index in [9.17, 15) is 19.8 Å². The minimum absolute atomic E-state index is 0.0775. The van der Waals surface area contributed by atoms with Crippen molar-refractivity contribution < 1.29 is 24.5 Å².